The minimum Gasteiger partial charge on any atom is -0.480 e. The van der Waals surface area contributed by atoms with E-state index in [1.165, 1.54) is 6.92 Å². The van der Waals surface area contributed by atoms with Crippen LogP contribution in [0.1, 0.15) is 113 Å². The van der Waals surface area contributed by atoms with Crippen molar-refractivity contribution in [1.29, 1.82) is 0 Å². The maximum absolute atomic E-state index is 13.3. The molecule has 1 aromatic carbocycles. The Morgan fingerprint density at radius 1 is 0.621 bits per heavy atom. The normalized spacial score (nSPS) is 17.4. The first-order valence-corrected chi connectivity index (χ1v) is 30.1. The van der Waals surface area contributed by atoms with Crippen molar-refractivity contribution >= 4 is 72.3 Å². The lowest BCUT2D eigenvalue weighted by atomic mass is 9.77. The highest BCUT2D eigenvalue weighted by Gasteiger charge is 2.42. The number of unbranched alkanes of at least 4 members (excludes halogenated alkanes) is 5. The lowest BCUT2D eigenvalue weighted by Gasteiger charge is -2.33. The fourth-order valence-electron chi connectivity index (χ4n) is 9.74. The quantitative estimate of drug-likeness (QED) is 0.0131. The summed E-state index contributed by atoms with van der Waals surface area (Å²) >= 11 is 0. The zero-order valence-electron chi connectivity index (χ0n) is 50.9. The minimum absolute atomic E-state index is 0.00939. The van der Waals surface area contributed by atoms with Crippen LogP contribution in [0.5, 0.6) is 0 Å². The van der Waals surface area contributed by atoms with Gasteiger partial charge >= 0.3 is 19.1 Å². The Kier molecular flexibility index (Phi) is 35.1. The van der Waals surface area contributed by atoms with Crippen LogP contribution in [0.15, 0.2) is 29.3 Å². The maximum atomic E-state index is 13.3. The highest BCUT2D eigenvalue weighted by atomic mass is 16.4. The average molecular weight is 1230 g/mol. The van der Waals surface area contributed by atoms with Crippen molar-refractivity contribution in [3.05, 3.63) is 35.4 Å². The number of aliphatic hydroxyl groups is 1. The zero-order valence-corrected chi connectivity index (χ0v) is 50.9. The number of aliphatic imine (C=N–C) groups is 1. The molecule has 8 amide bonds. The molecule has 2 saturated heterocycles. The van der Waals surface area contributed by atoms with Crippen LogP contribution < -0.4 is 43.4 Å². The molecule has 2 aliphatic heterocycles. The topological polar surface area (TPSA) is 428 Å². The van der Waals surface area contributed by atoms with Gasteiger partial charge in [-0.05, 0) is 88.8 Å². The van der Waals surface area contributed by atoms with Crippen LogP contribution in [0, 0.1) is 0 Å². The van der Waals surface area contributed by atoms with Crippen molar-refractivity contribution in [1.82, 2.24) is 61.3 Å². The number of nitrogens with two attached hydrogens (primary N) is 2. The van der Waals surface area contributed by atoms with E-state index in [9.17, 15) is 73.3 Å². The molecular formula is C56H96BN15O15. The molecule has 0 aliphatic carbocycles. The van der Waals surface area contributed by atoms with E-state index >= 15 is 0 Å². The Balaban J connectivity index is 1.31. The number of carbonyl (C=O) groups is 10. The number of hydrogen-bond donors (Lipinski definition) is 13. The first kappa shape index (κ1) is 74.2. The fourth-order valence-corrected chi connectivity index (χ4v) is 9.74. The van der Waals surface area contributed by atoms with Crippen molar-refractivity contribution in [3.63, 3.8) is 0 Å². The van der Waals surface area contributed by atoms with Crippen LogP contribution in [0.3, 0.4) is 0 Å². The van der Waals surface area contributed by atoms with E-state index in [0.29, 0.717) is 136 Å². The Morgan fingerprint density at radius 3 is 1.64 bits per heavy atom. The molecule has 4 atom stereocenters. The first-order valence-electron chi connectivity index (χ1n) is 30.1. The minimum atomic E-state index is -1.83. The number of β-amino-alcohol motifs (C(OH)–C–C–N with tert-alkyl or cyclic N) is 1. The van der Waals surface area contributed by atoms with Gasteiger partial charge in [0.15, 0.2) is 5.96 Å². The van der Waals surface area contributed by atoms with E-state index in [1.54, 1.807) is 58.0 Å². The second-order valence-corrected chi connectivity index (χ2v) is 22.4. The van der Waals surface area contributed by atoms with E-state index in [4.69, 9.17) is 11.5 Å². The van der Waals surface area contributed by atoms with Crippen LogP contribution in [-0.4, -0.2) is 277 Å². The second-order valence-electron chi connectivity index (χ2n) is 22.4. The maximum Gasteiger partial charge on any atom is 0.475 e. The summed E-state index contributed by atoms with van der Waals surface area (Å²) < 4.78 is 0. The summed E-state index contributed by atoms with van der Waals surface area (Å²) in [4.78, 5) is 139. The van der Waals surface area contributed by atoms with Crippen molar-refractivity contribution in [2.45, 2.75) is 127 Å². The van der Waals surface area contributed by atoms with Gasteiger partial charge in [-0.3, -0.25) is 72.5 Å². The van der Waals surface area contributed by atoms with E-state index in [1.807, 2.05) is 4.90 Å². The van der Waals surface area contributed by atoms with Crippen LogP contribution >= 0.6 is 0 Å². The fraction of sp³-hybridized carbons (Fsp3) is 0.696. The summed E-state index contributed by atoms with van der Waals surface area (Å²) in [6.45, 7) is 5.36. The summed E-state index contributed by atoms with van der Waals surface area (Å²) in [6.07, 6.45) is 5.28. The Hall–Kier alpha value is -7.03. The number of hydrogen-bond acceptors (Lipinski definition) is 18. The second kappa shape index (κ2) is 41.2. The first-order chi connectivity index (χ1) is 41.4. The van der Waals surface area contributed by atoms with Crippen LogP contribution in [-0.2, 0) is 49.7 Å². The van der Waals surface area contributed by atoms with Gasteiger partial charge in [-0.1, -0.05) is 18.6 Å². The lowest BCUT2D eigenvalue weighted by Crippen LogP contribution is -2.52. The van der Waals surface area contributed by atoms with E-state index in [-0.39, 0.29) is 107 Å². The number of guanidine groups is 1. The number of carboxylic acids is 2. The SMILES string of the molecule is C[C@@H](NC(=O)c1ccc(CNC(=O)CCCCNC(=O)[C@H](CCCN=C(N)N(C)C)NC(=O)CCCCCC(=O)NCCCCCNC(=O)CN2CCN(CC(=O)O)CCN(CC(N)=O)CCN(CC(=O)O)CC2)cc1)C(=O)N1C[C@@H](O)C[C@H]1B(O)O. The van der Waals surface area contributed by atoms with Gasteiger partial charge in [0.2, 0.25) is 41.4 Å². The smallest absolute Gasteiger partial charge is 0.475 e. The van der Waals surface area contributed by atoms with Crippen molar-refractivity contribution in [2.24, 2.45) is 16.5 Å². The lowest BCUT2D eigenvalue weighted by molar-refractivity contribution is -0.139. The molecule has 2 fully saturated rings. The van der Waals surface area contributed by atoms with Crippen LogP contribution in [0.4, 0.5) is 0 Å². The number of benzene rings is 1. The predicted octanol–water partition coefficient (Wildman–Crippen LogP) is -3.95. The Bertz CT molecular complexity index is 2360. The summed E-state index contributed by atoms with van der Waals surface area (Å²) in [5.74, 6) is -5.52. The number of carboxylic acid groups (broad SMARTS) is 2. The van der Waals surface area contributed by atoms with Gasteiger partial charge < -0.3 is 78.5 Å². The summed E-state index contributed by atoms with van der Waals surface area (Å²) in [7, 11) is 1.69. The van der Waals surface area contributed by atoms with E-state index in [0.717, 1.165) is 16.9 Å². The molecule has 1 aromatic rings. The number of nitrogens with zero attached hydrogens (tertiary/aromatic N) is 7. The molecule has 2 heterocycles. The van der Waals surface area contributed by atoms with Gasteiger partial charge in [-0.15, -0.1) is 0 Å². The van der Waals surface area contributed by atoms with Gasteiger partial charge in [0, 0.05) is 131 Å². The van der Waals surface area contributed by atoms with Crippen molar-refractivity contribution in [3.8, 4) is 0 Å². The van der Waals surface area contributed by atoms with Gasteiger partial charge in [-0.25, -0.2) is 0 Å². The Labute approximate surface area is 510 Å². The van der Waals surface area contributed by atoms with Gasteiger partial charge in [0.25, 0.3) is 5.91 Å². The van der Waals surface area contributed by atoms with Crippen LogP contribution in [0.25, 0.3) is 0 Å². The zero-order chi connectivity index (χ0) is 64.3. The Morgan fingerprint density at radius 2 is 1.10 bits per heavy atom. The monoisotopic (exact) mass is 1230 g/mol. The molecule has 0 aromatic heterocycles. The van der Waals surface area contributed by atoms with Crippen molar-refractivity contribution < 1.29 is 73.3 Å². The number of aliphatic carboxylic acids is 2. The molecule has 31 heteroatoms. The van der Waals surface area contributed by atoms with Gasteiger partial charge in [0.05, 0.1) is 38.2 Å². The third kappa shape index (κ3) is 32.0. The molecule has 3 rings (SSSR count). The molecule has 0 bridgehead atoms. The van der Waals surface area contributed by atoms with E-state index < -0.39 is 60.9 Å². The van der Waals surface area contributed by atoms with Gasteiger partial charge in [0.1, 0.15) is 12.1 Å². The number of aliphatic hydroxyl groups excluding tert-OH is 1. The molecule has 2 aliphatic rings. The highest BCUT2D eigenvalue weighted by molar-refractivity contribution is 6.43. The third-order valence-electron chi connectivity index (χ3n) is 14.7. The molecule has 0 unspecified atom stereocenters. The molecule has 0 radical (unpaired) electrons. The number of carbonyl (C=O) groups excluding carboxylic acids is 8. The summed E-state index contributed by atoms with van der Waals surface area (Å²) in [6, 6.07) is 4.61. The summed E-state index contributed by atoms with van der Waals surface area (Å²) in [5, 5.41) is 65.1. The molecule has 0 spiro atoms. The number of primary amides is 1. The average Bonchev–Trinajstić information content (AvgIpc) is 2.75. The molecule has 30 nitrogen and oxygen atoms in total. The largest absolute Gasteiger partial charge is 0.480 e. The molecule has 488 valence electrons. The molecule has 87 heavy (non-hydrogen) atoms. The third-order valence-corrected chi connectivity index (χ3v) is 14.7. The number of rotatable bonds is 37. The summed E-state index contributed by atoms with van der Waals surface area (Å²) in [5.41, 5.74) is 12.3. The molecular weight excluding hydrogens is 1130 g/mol. The molecule has 15 N–H and O–H groups in total. The van der Waals surface area contributed by atoms with E-state index in [2.05, 4.69) is 36.9 Å². The van der Waals surface area contributed by atoms with Gasteiger partial charge in [-0.2, -0.15) is 0 Å². The molecule has 0 saturated carbocycles. The predicted molar refractivity (Wildman–Crippen MR) is 323 cm³/mol. The van der Waals surface area contributed by atoms with Crippen LogP contribution in [0.2, 0.25) is 0 Å². The van der Waals surface area contributed by atoms with Crippen molar-refractivity contribution in [2.75, 3.05) is 125 Å². The standard InChI is InChI=1S/C56H96BN15O15/c1-40(55(85)72-35-43(73)33-45(72)57(86)87)65-53(83)42-19-17-41(18-20-42)34-64-48(76)15-8-11-23-62-54(84)44(13-12-24-63-56(59)67(2)3)66-49(77)16-7-4-6-14-47(75)60-21-9-5-10-22-61-50(78)37-69-27-31-70(38-51(79)80)29-25-68(36-46(58)74)26-30-71(32-28-69)39-52(81)82/h17-20,40,43-45,73,86-87H,4-16,21-39H2,1-3H3,(H2,58,74)(H2,59,63)(H,60,75)(H,61,78)(H,62,84)(H,64,76)(H,65,83)(H,66,77)(H,79,80)(H,81,82)/t40-,43+,44+,45+/m1/s1. The number of amides is 8. The highest BCUT2D eigenvalue weighted by Crippen LogP contribution is 2.20. The number of nitrogens with one attached hydrogen (secondary N) is 6. The number of likely N-dealkylation sites (tertiary alicyclic amines) is 1.